The number of hydrogen-bond acceptors (Lipinski definition) is 3. The molecule has 0 unspecified atom stereocenters. The van der Waals surface area contributed by atoms with Crippen LogP contribution in [0.15, 0.2) is 42.5 Å². The Hall–Kier alpha value is -2.33. The zero-order chi connectivity index (χ0) is 17.8. The lowest BCUT2D eigenvalue weighted by Gasteiger charge is -2.35. The third kappa shape index (κ3) is 4.02. The van der Waals surface area contributed by atoms with E-state index in [4.69, 9.17) is 0 Å². The number of nitrogens with zero attached hydrogens (tertiary/aromatic N) is 2. The van der Waals surface area contributed by atoms with Gasteiger partial charge in [0.25, 0.3) is 5.91 Å². The van der Waals surface area contributed by atoms with Crippen molar-refractivity contribution in [1.82, 2.24) is 4.90 Å². The summed E-state index contributed by atoms with van der Waals surface area (Å²) in [5.74, 6) is -0.0505. The summed E-state index contributed by atoms with van der Waals surface area (Å²) in [5.41, 5.74) is 4.92. The predicted octanol–water partition coefficient (Wildman–Crippen LogP) is 3.70. The molecule has 2 aromatic rings. The van der Waals surface area contributed by atoms with Gasteiger partial charge in [-0.15, -0.1) is 0 Å². The minimum Gasteiger partial charge on any atom is -0.369 e. The van der Waals surface area contributed by atoms with E-state index in [9.17, 15) is 4.79 Å². The van der Waals surface area contributed by atoms with Crippen LogP contribution in [0.5, 0.6) is 0 Å². The van der Waals surface area contributed by atoms with Crippen LogP contribution in [0.2, 0.25) is 0 Å². The molecule has 4 heteroatoms. The molecule has 0 saturated carbocycles. The van der Waals surface area contributed by atoms with Crippen LogP contribution in [0.1, 0.15) is 28.4 Å². The van der Waals surface area contributed by atoms with Crippen molar-refractivity contribution >= 4 is 17.3 Å². The average molecular weight is 337 g/mol. The smallest absolute Gasteiger partial charge is 0.255 e. The lowest BCUT2D eigenvalue weighted by molar-refractivity contribution is 0.102. The number of benzene rings is 2. The molecule has 1 amide bonds. The van der Waals surface area contributed by atoms with Crippen LogP contribution >= 0.6 is 0 Å². The molecule has 0 spiro atoms. The highest BCUT2D eigenvalue weighted by Gasteiger charge is 2.17. The minimum absolute atomic E-state index is 0.0505. The van der Waals surface area contributed by atoms with Gasteiger partial charge < -0.3 is 15.1 Å². The number of anilines is 2. The third-order valence-corrected chi connectivity index (χ3v) is 5.03. The van der Waals surface area contributed by atoms with Crippen LogP contribution in [-0.4, -0.2) is 43.5 Å². The molecule has 132 valence electrons. The highest BCUT2D eigenvalue weighted by atomic mass is 16.1. The topological polar surface area (TPSA) is 35.6 Å². The van der Waals surface area contributed by atoms with E-state index in [2.05, 4.69) is 41.1 Å². The van der Waals surface area contributed by atoms with E-state index in [0.717, 1.165) is 55.1 Å². The number of likely N-dealkylation sites (N-methyl/N-ethyl adjacent to an activating group) is 1. The van der Waals surface area contributed by atoms with Crippen molar-refractivity contribution in [2.24, 2.45) is 0 Å². The zero-order valence-corrected chi connectivity index (χ0v) is 15.4. The Morgan fingerprint density at radius 3 is 2.36 bits per heavy atom. The normalized spacial score (nSPS) is 15.2. The van der Waals surface area contributed by atoms with E-state index in [0.29, 0.717) is 0 Å². The second-order valence-electron chi connectivity index (χ2n) is 6.69. The molecule has 1 aliphatic heterocycles. The van der Waals surface area contributed by atoms with Gasteiger partial charge in [0.15, 0.2) is 0 Å². The summed E-state index contributed by atoms with van der Waals surface area (Å²) < 4.78 is 0. The first kappa shape index (κ1) is 17.5. The summed E-state index contributed by atoms with van der Waals surface area (Å²) in [5, 5.41) is 3.05. The maximum atomic E-state index is 12.5. The lowest BCUT2D eigenvalue weighted by atomic mass is 10.1. The largest absolute Gasteiger partial charge is 0.369 e. The summed E-state index contributed by atoms with van der Waals surface area (Å²) >= 11 is 0. The van der Waals surface area contributed by atoms with Gasteiger partial charge in [-0.1, -0.05) is 25.1 Å². The van der Waals surface area contributed by atoms with Crippen molar-refractivity contribution in [3.63, 3.8) is 0 Å². The number of carbonyl (C=O) groups is 1. The van der Waals surface area contributed by atoms with Crippen LogP contribution < -0.4 is 10.2 Å². The van der Waals surface area contributed by atoms with Crippen LogP contribution in [0.25, 0.3) is 0 Å². The van der Waals surface area contributed by atoms with E-state index in [1.165, 1.54) is 5.69 Å². The molecule has 1 aliphatic rings. The van der Waals surface area contributed by atoms with Gasteiger partial charge in [0.1, 0.15) is 0 Å². The Bertz CT molecular complexity index is 749. The van der Waals surface area contributed by atoms with Gasteiger partial charge in [-0.3, -0.25) is 4.79 Å². The summed E-state index contributed by atoms with van der Waals surface area (Å²) in [6, 6.07) is 14.0. The molecule has 25 heavy (non-hydrogen) atoms. The molecule has 1 heterocycles. The Morgan fingerprint density at radius 2 is 1.72 bits per heavy atom. The molecule has 0 aliphatic carbocycles. The first-order valence-corrected chi connectivity index (χ1v) is 9.03. The number of amides is 1. The Balaban J connectivity index is 1.70. The van der Waals surface area contributed by atoms with E-state index in [-0.39, 0.29) is 5.91 Å². The Kier molecular flexibility index (Phi) is 5.39. The number of carbonyl (C=O) groups excluding carboxylic acids is 1. The first-order valence-electron chi connectivity index (χ1n) is 9.03. The number of nitrogens with one attached hydrogen (secondary N) is 1. The van der Waals surface area contributed by atoms with Crippen molar-refractivity contribution < 1.29 is 4.79 Å². The molecule has 1 saturated heterocycles. The summed E-state index contributed by atoms with van der Waals surface area (Å²) in [6.07, 6.45) is 0. The second-order valence-corrected chi connectivity index (χ2v) is 6.69. The lowest BCUT2D eigenvalue weighted by Crippen LogP contribution is -2.46. The van der Waals surface area contributed by atoms with Gasteiger partial charge >= 0.3 is 0 Å². The van der Waals surface area contributed by atoms with Crippen molar-refractivity contribution in [2.45, 2.75) is 20.8 Å². The fraction of sp³-hybridized carbons (Fsp3) is 0.381. The summed E-state index contributed by atoms with van der Waals surface area (Å²) in [4.78, 5) is 17.4. The SMILES string of the molecule is CCN1CCN(c2ccc(NC(=O)c3ccccc3C)c(C)c2)CC1. The van der Waals surface area contributed by atoms with Crippen molar-refractivity contribution in [3.05, 3.63) is 59.2 Å². The number of rotatable bonds is 4. The molecule has 4 nitrogen and oxygen atoms in total. The van der Waals surface area contributed by atoms with Crippen LogP contribution in [0, 0.1) is 13.8 Å². The van der Waals surface area contributed by atoms with Gasteiger partial charge in [-0.25, -0.2) is 0 Å². The van der Waals surface area contributed by atoms with Crippen molar-refractivity contribution in [3.8, 4) is 0 Å². The minimum atomic E-state index is -0.0505. The van der Waals surface area contributed by atoms with Gasteiger partial charge in [0.2, 0.25) is 0 Å². The molecule has 0 radical (unpaired) electrons. The average Bonchev–Trinajstić information content (AvgIpc) is 2.63. The quantitative estimate of drug-likeness (QED) is 0.924. The first-order chi connectivity index (χ1) is 12.1. The second kappa shape index (κ2) is 7.70. The molecule has 3 rings (SSSR count). The van der Waals surface area contributed by atoms with E-state index in [1.807, 2.05) is 37.3 Å². The van der Waals surface area contributed by atoms with E-state index < -0.39 is 0 Å². The van der Waals surface area contributed by atoms with Gasteiger partial charge in [-0.2, -0.15) is 0 Å². The molecule has 1 fully saturated rings. The molecule has 1 N–H and O–H groups in total. The maximum absolute atomic E-state index is 12.5. The van der Waals surface area contributed by atoms with Crippen LogP contribution in [0.4, 0.5) is 11.4 Å². The van der Waals surface area contributed by atoms with Gasteiger partial charge in [0.05, 0.1) is 0 Å². The Morgan fingerprint density at radius 1 is 1.00 bits per heavy atom. The Labute approximate surface area is 150 Å². The monoisotopic (exact) mass is 337 g/mol. The van der Waals surface area contributed by atoms with Crippen molar-refractivity contribution in [2.75, 3.05) is 42.9 Å². The molecule has 0 aromatic heterocycles. The fourth-order valence-corrected chi connectivity index (χ4v) is 3.32. The molecular formula is C21H27N3O. The number of piperazine rings is 1. The molecular weight excluding hydrogens is 310 g/mol. The van der Waals surface area contributed by atoms with Gasteiger partial charge in [0, 0.05) is 43.1 Å². The maximum Gasteiger partial charge on any atom is 0.255 e. The van der Waals surface area contributed by atoms with Crippen molar-refractivity contribution in [1.29, 1.82) is 0 Å². The van der Waals surface area contributed by atoms with E-state index in [1.54, 1.807) is 0 Å². The molecule has 0 atom stereocenters. The highest BCUT2D eigenvalue weighted by Crippen LogP contribution is 2.24. The summed E-state index contributed by atoms with van der Waals surface area (Å²) in [6.45, 7) is 11.7. The number of hydrogen-bond donors (Lipinski definition) is 1. The fourth-order valence-electron chi connectivity index (χ4n) is 3.32. The van der Waals surface area contributed by atoms with Crippen LogP contribution in [0.3, 0.4) is 0 Å². The number of aryl methyl sites for hydroxylation is 2. The standard InChI is InChI=1S/C21H27N3O/c1-4-23-11-13-24(14-12-23)18-9-10-20(17(3)15-18)22-21(25)19-8-6-5-7-16(19)2/h5-10,15H,4,11-14H2,1-3H3,(H,22,25). The molecule has 2 aromatic carbocycles. The van der Waals surface area contributed by atoms with Crippen LogP contribution in [-0.2, 0) is 0 Å². The third-order valence-electron chi connectivity index (χ3n) is 5.03. The predicted molar refractivity (Wildman–Crippen MR) is 105 cm³/mol. The molecule has 0 bridgehead atoms. The van der Waals surface area contributed by atoms with Gasteiger partial charge in [-0.05, 0) is 55.8 Å². The zero-order valence-electron chi connectivity index (χ0n) is 15.4. The highest BCUT2D eigenvalue weighted by molar-refractivity contribution is 6.05. The van der Waals surface area contributed by atoms with E-state index >= 15 is 0 Å². The summed E-state index contributed by atoms with van der Waals surface area (Å²) in [7, 11) is 0.